The summed E-state index contributed by atoms with van der Waals surface area (Å²) in [7, 11) is 0. The Bertz CT molecular complexity index is 1130. The minimum atomic E-state index is -0.208. The molecule has 1 atom stereocenters. The number of likely N-dealkylation sites (tertiary alicyclic amines) is 1. The number of ketones is 1. The summed E-state index contributed by atoms with van der Waals surface area (Å²) in [6.45, 7) is 1.23. The van der Waals surface area contributed by atoms with Crippen molar-refractivity contribution in [2.75, 3.05) is 25.2 Å². The van der Waals surface area contributed by atoms with E-state index in [0.717, 1.165) is 24.0 Å². The predicted molar refractivity (Wildman–Crippen MR) is 122 cm³/mol. The van der Waals surface area contributed by atoms with E-state index in [9.17, 15) is 9.59 Å². The predicted octanol–water partition coefficient (Wildman–Crippen LogP) is 5.21. The van der Waals surface area contributed by atoms with Crippen molar-refractivity contribution in [1.29, 1.82) is 0 Å². The molecule has 0 saturated carbocycles. The summed E-state index contributed by atoms with van der Waals surface area (Å²) in [6.07, 6.45) is 1.58. The number of nitrogens with zero attached hydrogens (tertiary/aromatic N) is 1. The Labute approximate surface area is 186 Å². The van der Waals surface area contributed by atoms with Gasteiger partial charge >= 0.3 is 6.03 Å². The second kappa shape index (κ2) is 8.75. The number of piperidine rings is 1. The van der Waals surface area contributed by atoms with Crippen molar-refractivity contribution in [3.8, 4) is 22.6 Å². The van der Waals surface area contributed by atoms with Gasteiger partial charge in [-0.3, -0.25) is 4.79 Å². The number of hydrogen-bond donors (Lipinski definition) is 1. The molecule has 1 N–H and O–H groups in total. The number of anilines is 1. The highest BCUT2D eigenvalue weighted by atomic mass is 16.7. The van der Waals surface area contributed by atoms with E-state index in [2.05, 4.69) is 17.4 Å². The van der Waals surface area contributed by atoms with Crippen molar-refractivity contribution in [2.45, 2.75) is 12.8 Å². The van der Waals surface area contributed by atoms with E-state index < -0.39 is 0 Å². The first-order valence-corrected chi connectivity index (χ1v) is 10.8. The van der Waals surface area contributed by atoms with E-state index in [1.54, 1.807) is 23.1 Å². The van der Waals surface area contributed by atoms with Crippen LogP contribution in [0.15, 0.2) is 72.8 Å². The molecule has 162 valence electrons. The number of carbonyl (C=O) groups is 2. The van der Waals surface area contributed by atoms with E-state index in [0.29, 0.717) is 35.8 Å². The summed E-state index contributed by atoms with van der Waals surface area (Å²) in [5, 5.41) is 2.91. The van der Waals surface area contributed by atoms with Gasteiger partial charge in [0.25, 0.3) is 0 Å². The van der Waals surface area contributed by atoms with Gasteiger partial charge in [0.15, 0.2) is 17.3 Å². The van der Waals surface area contributed by atoms with Gasteiger partial charge in [-0.1, -0.05) is 54.6 Å². The Morgan fingerprint density at radius 2 is 1.62 bits per heavy atom. The van der Waals surface area contributed by atoms with E-state index in [-0.39, 0.29) is 24.5 Å². The molecule has 5 rings (SSSR count). The van der Waals surface area contributed by atoms with Crippen LogP contribution in [0.3, 0.4) is 0 Å². The van der Waals surface area contributed by atoms with Crippen molar-refractivity contribution in [3.63, 3.8) is 0 Å². The maximum atomic E-state index is 13.1. The van der Waals surface area contributed by atoms with Crippen molar-refractivity contribution in [1.82, 2.24) is 4.90 Å². The maximum Gasteiger partial charge on any atom is 0.321 e. The molecule has 0 radical (unpaired) electrons. The fourth-order valence-corrected chi connectivity index (χ4v) is 4.25. The minimum Gasteiger partial charge on any atom is -0.454 e. The first kappa shape index (κ1) is 20.1. The average Bonchev–Trinajstić information content (AvgIpc) is 3.32. The van der Waals surface area contributed by atoms with Crippen molar-refractivity contribution in [3.05, 3.63) is 78.4 Å². The SMILES string of the molecule is O=C(c1ccc(-c2ccccc2)cc1)[C@H]1CCCN(C(=O)Nc2ccc3c(c2)OCO3)C1. The number of fused-ring (bicyclic) bond motifs is 1. The molecule has 2 aliphatic rings. The lowest BCUT2D eigenvalue weighted by Crippen LogP contribution is -2.44. The van der Waals surface area contributed by atoms with Crippen molar-refractivity contribution in [2.24, 2.45) is 5.92 Å². The molecular formula is C26H24N2O4. The molecule has 0 spiro atoms. The number of carbonyl (C=O) groups excluding carboxylic acids is 2. The average molecular weight is 428 g/mol. The minimum absolute atomic E-state index is 0.0881. The first-order valence-electron chi connectivity index (χ1n) is 10.8. The molecule has 2 aliphatic heterocycles. The normalized spacial score (nSPS) is 17.1. The molecular weight excluding hydrogens is 404 g/mol. The van der Waals surface area contributed by atoms with Gasteiger partial charge in [-0.25, -0.2) is 4.79 Å². The van der Waals surface area contributed by atoms with Crippen LogP contribution in [-0.4, -0.2) is 36.6 Å². The van der Waals surface area contributed by atoms with Crippen LogP contribution >= 0.6 is 0 Å². The van der Waals surface area contributed by atoms with E-state index in [4.69, 9.17) is 9.47 Å². The molecule has 6 nitrogen and oxygen atoms in total. The van der Waals surface area contributed by atoms with Crippen LogP contribution in [0.25, 0.3) is 11.1 Å². The van der Waals surface area contributed by atoms with Gasteiger partial charge in [-0.2, -0.15) is 0 Å². The highest BCUT2D eigenvalue weighted by molar-refractivity contribution is 5.99. The fourth-order valence-electron chi connectivity index (χ4n) is 4.25. The molecule has 32 heavy (non-hydrogen) atoms. The lowest BCUT2D eigenvalue weighted by Gasteiger charge is -2.32. The van der Waals surface area contributed by atoms with Gasteiger partial charge in [-0.15, -0.1) is 0 Å². The monoisotopic (exact) mass is 428 g/mol. The number of hydrogen-bond acceptors (Lipinski definition) is 4. The van der Waals surface area contributed by atoms with Crippen LogP contribution < -0.4 is 14.8 Å². The number of rotatable bonds is 4. The number of ether oxygens (including phenoxy) is 2. The maximum absolute atomic E-state index is 13.1. The summed E-state index contributed by atoms with van der Waals surface area (Å²) in [6, 6.07) is 22.9. The van der Waals surface area contributed by atoms with Gasteiger partial charge in [0.1, 0.15) is 0 Å². The second-order valence-corrected chi connectivity index (χ2v) is 8.09. The number of nitrogens with one attached hydrogen (secondary N) is 1. The highest BCUT2D eigenvalue weighted by Crippen LogP contribution is 2.34. The Hall–Kier alpha value is -3.80. The van der Waals surface area contributed by atoms with Gasteiger partial charge in [-0.05, 0) is 36.1 Å². The van der Waals surface area contributed by atoms with Crippen molar-refractivity contribution >= 4 is 17.5 Å². The number of Topliss-reactive ketones (excluding diaryl/α,β-unsaturated/α-hetero) is 1. The highest BCUT2D eigenvalue weighted by Gasteiger charge is 2.29. The van der Waals surface area contributed by atoms with Crippen LogP contribution in [-0.2, 0) is 0 Å². The van der Waals surface area contributed by atoms with E-state index in [1.807, 2.05) is 42.5 Å². The number of amides is 2. The zero-order chi connectivity index (χ0) is 21.9. The van der Waals surface area contributed by atoms with Crippen LogP contribution in [0.5, 0.6) is 11.5 Å². The summed E-state index contributed by atoms with van der Waals surface area (Å²) in [5.41, 5.74) is 3.53. The molecule has 0 unspecified atom stereocenters. The molecule has 0 aromatic heterocycles. The molecule has 3 aromatic carbocycles. The molecule has 2 heterocycles. The Morgan fingerprint density at radius 3 is 2.44 bits per heavy atom. The first-order chi connectivity index (χ1) is 15.7. The summed E-state index contributed by atoms with van der Waals surface area (Å²) in [4.78, 5) is 27.6. The summed E-state index contributed by atoms with van der Waals surface area (Å²) < 4.78 is 10.7. The molecule has 3 aromatic rings. The van der Waals surface area contributed by atoms with Crippen LogP contribution in [0, 0.1) is 5.92 Å². The molecule has 0 bridgehead atoms. The van der Waals surface area contributed by atoms with Crippen molar-refractivity contribution < 1.29 is 19.1 Å². The van der Waals surface area contributed by atoms with Crippen LogP contribution in [0.4, 0.5) is 10.5 Å². The standard InChI is InChI=1S/C26H24N2O4/c29-25(20-10-8-19(9-11-20)18-5-2-1-3-6-18)21-7-4-14-28(16-21)26(30)27-22-12-13-23-24(15-22)32-17-31-23/h1-3,5-6,8-13,15,21H,4,7,14,16-17H2,(H,27,30)/t21-/m0/s1. The lowest BCUT2D eigenvalue weighted by atomic mass is 9.89. The molecule has 6 heteroatoms. The Kier molecular flexibility index (Phi) is 5.50. The van der Waals surface area contributed by atoms with Gasteiger partial charge < -0.3 is 19.7 Å². The molecule has 0 aliphatic carbocycles. The number of benzene rings is 3. The van der Waals surface area contributed by atoms with Gasteiger partial charge in [0.2, 0.25) is 6.79 Å². The zero-order valence-electron chi connectivity index (χ0n) is 17.6. The summed E-state index contributed by atoms with van der Waals surface area (Å²) in [5.74, 6) is 1.18. The molecule has 1 saturated heterocycles. The Balaban J connectivity index is 1.23. The smallest absolute Gasteiger partial charge is 0.321 e. The van der Waals surface area contributed by atoms with Crippen LogP contribution in [0.1, 0.15) is 23.2 Å². The third-order valence-corrected chi connectivity index (χ3v) is 5.98. The van der Waals surface area contributed by atoms with Gasteiger partial charge in [0, 0.05) is 36.3 Å². The zero-order valence-corrected chi connectivity index (χ0v) is 17.6. The summed E-state index contributed by atoms with van der Waals surface area (Å²) >= 11 is 0. The molecule has 1 fully saturated rings. The van der Waals surface area contributed by atoms with E-state index >= 15 is 0 Å². The number of urea groups is 1. The largest absolute Gasteiger partial charge is 0.454 e. The fraction of sp³-hybridized carbons (Fsp3) is 0.231. The second-order valence-electron chi connectivity index (χ2n) is 8.09. The molecule has 2 amide bonds. The van der Waals surface area contributed by atoms with Crippen LogP contribution in [0.2, 0.25) is 0 Å². The third-order valence-electron chi connectivity index (χ3n) is 5.98. The third kappa shape index (κ3) is 4.17. The Morgan fingerprint density at radius 1 is 0.875 bits per heavy atom. The van der Waals surface area contributed by atoms with E-state index in [1.165, 1.54) is 0 Å². The van der Waals surface area contributed by atoms with Gasteiger partial charge in [0.05, 0.1) is 0 Å². The quantitative estimate of drug-likeness (QED) is 0.580. The topological polar surface area (TPSA) is 67.9 Å². The lowest BCUT2D eigenvalue weighted by molar-refractivity contribution is 0.0851.